The van der Waals surface area contributed by atoms with E-state index in [2.05, 4.69) is 4.98 Å². The van der Waals surface area contributed by atoms with Gasteiger partial charge in [-0.1, -0.05) is 37.7 Å². The Kier molecular flexibility index (Phi) is 5.26. The van der Waals surface area contributed by atoms with Crippen LogP contribution in [0, 0.1) is 4.64 Å². The van der Waals surface area contributed by atoms with E-state index in [4.69, 9.17) is 23.8 Å². The van der Waals surface area contributed by atoms with E-state index in [9.17, 15) is 0 Å². The van der Waals surface area contributed by atoms with Gasteiger partial charge in [-0.05, 0) is 12.1 Å². The molecule has 10 heavy (non-hydrogen) atoms. The minimum atomic E-state index is 0.679. The van der Waals surface area contributed by atoms with Crippen molar-refractivity contribution >= 4 is 23.8 Å². The Morgan fingerprint density at radius 3 is 2.30 bits per heavy atom. The van der Waals surface area contributed by atoms with Gasteiger partial charge in [0.25, 0.3) is 0 Å². The number of halogens is 1. The standard InChI is InChI=1S/C5H4ClNS.C2H6/c6-4-1-2-5(8)7-3-4;1-2/h1-3H,(H,7,8);1-2H3. The number of hydrogen-bond donors (Lipinski definition) is 1. The molecule has 0 atom stereocenters. The lowest BCUT2D eigenvalue weighted by atomic mass is 10.5. The van der Waals surface area contributed by atoms with Crippen LogP contribution in [-0.4, -0.2) is 4.98 Å². The van der Waals surface area contributed by atoms with E-state index in [0.717, 1.165) is 0 Å². The fourth-order valence-electron chi connectivity index (χ4n) is 0.392. The molecule has 0 aliphatic heterocycles. The summed E-state index contributed by atoms with van der Waals surface area (Å²) < 4.78 is 0.703. The monoisotopic (exact) mass is 175 g/mol. The molecular weight excluding hydrogens is 166 g/mol. The van der Waals surface area contributed by atoms with Gasteiger partial charge in [-0.15, -0.1) is 0 Å². The van der Waals surface area contributed by atoms with Crippen LogP contribution in [0.1, 0.15) is 13.8 Å². The normalized spacial score (nSPS) is 7.90. The summed E-state index contributed by atoms with van der Waals surface area (Å²) in [7, 11) is 0. The van der Waals surface area contributed by atoms with E-state index in [1.807, 2.05) is 13.8 Å². The SMILES string of the molecule is CC.S=c1ccc(Cl)c[nH]1. The molecular formula is C7H10ClNS. The highest BCUT2D eigenvalue weighted by atomic mass is 35.5. The van der Waals surface area contributed by atoms with Gasteiger partial charge in [0.15, 0.2) is 0 Å². The molecule has 0 aliphatic rings. The Morgan fingerprint density at radius 1 is 1.40 bits per heavy atom. The zero-order chi connectivity index (χ0) is 7.98. The second-order valence-corrected chi connectivity index (χ2v) is 2.25. The molecule has 1 aromatic rings. The van der Waals surface area contributed by atoms with Crippen molar-refractivity contribution < 1.29 is 0 Å². The summed E-state index contributed by atoms with van der Waals surface area (Å²) in [5.74, 6) is 0. The van der Waals surface area contributed by atoms with Crippen LogP contribution in [0.3, 0.4) is 0 Å². The van der Waals surface area contributed by atoms with Crippen LogP contribution in [-0.2, 0) is 0 Å². The van der Waals surface area contributed by atoms with Gasteiger partial charge in [0, 0.05) is 6.20 Å². The van der Waals surface area contributed by atoms with Crippen molar-refractivity contribution in [2.24, 2.45) is 0 Å². The molecule has 0 saturated carbocycles. The number of hydrogen-bond acceptors (Lipinski definition) is 1. The van der Waals surface area contributed by atoms with Crippen LogP contribution in [0.2, 0.25) is 5.02 Å². The van der Waals surface area contributed by atoms with Gasteiger partial charge in [-0.2, -0.15) is 0 Å². The topological polar surface area (TPSA) is 15.8 Å². The summed E-state index contributed by atoms with van der Waals surface area (Å²) in [6.07, 6.45) is 1.66. The number of rotatable bonds is 0. The Morgan fingerprint density at radius 2 is 2.00 bits per heavy atom. The quantitative estimate of drug-likeness (QED) is 0.598. The molecule has 0 bridgehead atoms. The van der Waals surface area contributed by atoms with Gasteiger partial charge >= 0.3 is 0 Å². The molecule has 0 fully saturated rings. The number of nitrogens with one attached hydrogen (secondary N) is 1. The van der Waals surface area contributed by atoms with Crippen molar-refractivity contribution in [2.45, 2.75) is 13.8 Å². The maximum atomic E-state index is 5.53. The first kappa shape index (κ1) is 9.66. The molecule has 0 unspecified atom stereocenters. The Hall–Kier alpha value is -0.340. The Labute approximate surface area is 71.0 Å². The molecule has 1 N–H and O–H groups in total. The van der Waals surface area contributed by atoms with Crippen molar-refractivity contribution in [3.63, 3.8) is 0 Å². The van der Waals surface area contributed by atoms with Gasteiger partial charge in [0.1, 0.15) is 4.64 Å². The third-order valence-corrected chi connectivity index (χ3v) is 1.24. The van der Waals surface area contributed by atoms with Crippen molar-refractivity contribution in [1.29, 1.82) is 0 Å². The van der Waals surface area contributed by atoms with Crippen LogP contribution in [0.5, 0.6) is 0 Å². The molecule has 56 valence electrons. The fraction of sp³-hybridized carbons (Fsp3) is 0.286. The summed E-state index contributed by atoms with van der Waals surface area (Å²) in [6.45, 7) is 4.00. The van der Waals surface area contributed by atoms with E-state index < -0.39 is 0 Å². The van der Waals surface area contributed by atoms with E-state index in [1.165, 1.54) is 0 Å². The highest BCUT2D eigenvalue weighted by Gasteiger charge is 1.78. The zero-order valence-corrected chi connectivity index (χ0v) is 7.59. The van der Waals surface area contributed by atoms with Crippen molar-refractivity contribution in [1.82, 2.24) is 4.98 Å². The van der Waals surface area contributed by atoms with Gasteiger partial charge < -0.3 is 4.98 Å². The molecule has 0 saturated heterocycles. The van der Waals surface area contributed by atoms with Crippen LogP contribution in [0.15, 0.2) is 18.3 Å². The Balaban J connectivity index is 0.000000371. The molecule has 0 aromatic carbocycles. The molecule has 1 rings (SSSR count). The number of H-pyrrole nitrogens is 1. The van der Waals surface area contributed by atoms with Gasteiger partial charge in [0.05, 0.1) is 5.02 Å². The Bertz CT molecular complexity index is 211. The highest BCUT2D eigenvalue weighted by molar-refractivity contribution is 7.71. The lowest BCUT2D eigenvalue weighted by Gasteiger charge is -1.83. The summed E-state index contributed by atoms with van der Waals surface area (Å²) in [4.78, 5) is 2.78. The summed E-state index contributed by atoms with van der Waals surface area (Å²) >= 11 is 10.3. The van der Waals surface area contributed by atoms with E-state index >= 15 is 0 Å². The minimum absolute atomic E-state index is 0.679. The summed E-state index contributed by atoms with van der Waals surface area (Å²) in [5, 5.41) is 0.679. The van der Waals surface area contributed by atoms with Crippen LogP contribution < -0.4 is 0 Å². The largest absolute Gasteiger partial charge is 0.351 e. The predicted molar refractivity (Wildman–Crippen MR) is 48.0 cm³/mol. The molecule has 1 nitrogen and oxygen atoms in total. The lowest BCUT2D eigenvalue weighted by Crippen LogP contribution is -1.68. The summed E-state index contributed by atoms with van der Waals surface area (Å²) in [6, 6.07) is 3.50. The number of aromatic amines is 1. The first-order valence-corrected chi connectivity index (χ1v) is 3.92. The van der Waals surface area contributed by atoms with E-state index in [-0.39, 0.29) is 0 Å². The van der Waals surface area contributed by atoms with Crippen molar-refractivity contribution in [2.75, 3.05) is 0 Å². The minimum Gasteiger partial charge on any atom is -0.351 e. The lowest BCUT2D eigenvalue weighted by molar-refractivity contribution is 1.30. The third kappa shape index (κ3) is 3.64. The first-order valence-electron chi connectivity index (χ1n) is 3.13. The number of aromatic nitrogens is 1. The van der Waals surface area contributed by atoms with Crippen LogP contribution in [0.4, 0.5) is 0 Å². The average molecular weight is 176 g/mol. The second-order valence-electron chi connectivity index (χ2n) is 1.37. The maximum Gasteiger partial charge on any atom is 0.103 e. The predicted octanol–water partition coefficient (Wildman–Crippen LogP) is 3.42. The first-order chi connectivity index (χ1) is 4.79. The average Bonchev–Trinajstić information content (AvgIpc) is 2.00. The third-order valence-electron chi connectivity index (χ3n) is 0.746. The maximum absolute atomic E-state index is 5.53. The molecule has 0 amide bonds. The van der Waals surface area contributed by atoms with Gasteiger partial charge in [-0.25, -0.2) is 0 Å². The van der Waals surface area contributed by atoms with E-state index in [0.29, 0.717) is 9.66 Å². The molecule has 3 heteroatoms. The summed E-state index contributed by atoms with van der Waals surface area (Å²) in [5.41, 5.74) is 0. The second kappa shape index (κ2) is 5.45. The van der Waals surface area contributed by atoms with E-state index in [1.54, 1.807) is 18.3 Å². The van der Waals surface area contributed by atoms with Gasteiger partial charge in [0.2, 0.25) is 0 Å². The van der Waals surface area contributed by atoms with Gasteiger partial charge in [-0.3, -0.25) is 0 Å². The fourth-order valence-corrected chi connectivity index (χ4v) is 0.636. The molecule has 1 aromatic heterocycles. The molecule has 1 heterocycles. The smallest absolute Gasteiger partial charge is 0.103 e. The van der Waals surface area contributed by atoms with Crippen molar-refractivity contribution in [3.05, 3.63) is 28.0 Å². The van der Waals surface area contributed by atoms with Crippen LogP contribution in [0.25, 0.3) is 0 Å². The highest BCUT2D eigenvalue weighted by Crippen LogP contribution is 2.02. The molecule has 0 spiro atoms. The molecule has 0 radical (unpaired) electrons. The molecule has 0 aliphatic carbocycles. The van der Waals surface area contributed by atoms with Crippen molar-refractivity contribution in [3.8, 4) is 0 Å². The number of pyridine rings is 1. The van der Waals surface area contributed by atoms with Crippen LogP contribution >= 0.6 is 23.8 Å². The zero-order valence-electron chi connectivity index (χ0n) is 6.02.